The van der Waals surface area contributed by atoms with Crippen LogP contribution in [-0.2, 0) is 26.9 Å². The molecule has 0 fully saturated rings. The molecule has 0 bridgehead atoms. The first-order valence-electron chi connectivity index (χ1n) is 15.9. The second-order valence-electron chi connectivity index (χ2n) is 12.1. The van der Waals surface area contributed by atoms with Gasteiger partial charge in [-0.05, 0) is 58.8 Å². The molecule has 0 N–H and O–H groups in total. The van der Waals surface area contributed by atoms with Gasteiger partial charge in [-0.2, -0.15) is 0 Å². The van der Waals surface area contributed by atoms with E-state index in [-0.39, 0.29) is 37.6 Å². The number of nitrogens with zero attached hydrogens (tertiary/aromatic N) is 2. The maximum Gasteiger partial charge on any atom is 0.231 e. The lowest BCUT2D eigenvalue weighted by molar-refractivity contribution is -0.677. The van der Waals surface area contributed by atoms with E-state index < -0.39 is 0 Å². The van der Waals surface area contributed by atoms with E-state index >= 15 is 0 Å². The van der Waals surface area contributed by atoms with Gasteiger partial charge in [0.25, 0.3) is 0 Å². The van der Waals surface area contributed by atoms with Crippen LogP contribution in [0.2, 0.25) is 0 Å². The van der Waals surface area contributed by atoms with E-state index in [1.807, 2.05) is 55.7 Å². The summed E-state index contributed by atoms with van der Waals surface area (Å²) in [7, 11) is 8.98. The molecular weight excluding hydrogens is 751 g/mol. The number of fused-ring (bicyclic) bond motifs is 4. The highest BCUT2D eigenvalue weighted by molar-refractivity contribution is 5.88. The van der Waals surface area contributed by atoms with E-state index in [1.54, 1.807) is 21.3 Å². The van der Waals surface area contributed by atoms with Gasteiger partial charge in [0.1, 0.15) is 19.8 Å². The minimum absolute atomic E-state index is 0. The average molecular weight is 788 g/mol. The van der Waals surface area contributed by atoms with Gasteiger partial charge in [-0.1, -0.05) is 6.07 Å². The number of pyridine rings is 2. The van der Waals surface area contributed by atoms with Crippen molar-refractivity contribution in [1.82, 2.24) is 0 Å². The van der Waals surface area contributed by atoms with Gasteiger partial charge < -0.3 is 61.9 Å². The maximum atomic E-state index is 6.77. The summed E-state index contributed by atoms with van der Waals surface area (Å²) in [5.41, 5.74) is 4.15. The second-order valence-corrected chi connectivity index (χ2v) is 12.1. The van der Waals surface area contributed by atoms with Crippen LogP contribution in [0.1, 0.15) is 22.5 Å². The van der Waals surface area contributed by atoms with E-state index in [4.69, 9.17) is 37.9 Å². The summed E-state index contributed by atoms with van der Waals surface area (Å²) in [4.78, 5) is 0. The molecule has 0 saturated carbocycles. The number of hydrogen-bond donors (Lipinski definition) is 0. The van der Waals surface area contributed by atoms with Gasteiger partial charge >= 0.3 is 0 Å². The van der Waals surface area contributed by atoms with Crippen LogP contribution in [0, 0.1) is 0 Å². The lowest BCUT2D eigenvalue weighted by Gasteiger charge is -2.18. The number of halogens is 1. The molecule has 6 aromatic rings. The van der Waals surface area contributed by atoms with Crippen LogP contribution in [0.3, 0.4) is 0 Å². The van der Waals surface area contributed by atoms with Crippen LogP contribution in [0.25, 0.3) is 21.5 Å². The molecule has 4 aromatic carbocycles. The zero-order valence-corrected chi connectivity index (χ0v) is 30.5. The summed E-state index contributed by atoms with van der Waals surface area (Å²) >= 11 is 0. The third-order valence-electron chi connectivity index (χ3n) is 9.26. The Hall–Kier alpha value is -5.17. The Morgan fingerprint density at radius 1 is 0.540 bits per heavy atom. The van der Waals surface area contributed by atoms with Crippen LogP contribution in [0.15, 0.2) is 79.1 Å². The van der Waals surface area contributed by atoms with E-state index in [0.29, 0.717) is 41.6 Å². The zero-order valence-electron chi connectivity index (χ0n) is 28.4. The molecule has 0 amide bonds. The van der Waals surface area contributed by atoms with E-state index in [0.717, 1.165) is 67.1 Å². The Kier molecular flexibility index (Phi) is 9.08. The van der Waals surface area contributed by atoms with Crippen molar-refractivity contribution in [2.45, 2.75) is 12.8 Å². The lowest BCUT2D eigenvalue weighted by atomic mass is 10.0. The van der Waals surface area contributed by atoms with E-state index in [9.17, 15) is 0 Å². The maximum absolute atomic E-state index is 6.77. The molecule has 2 aromatic heterocycles. The Morgan fingerprint density at radius 3 is 1.62 bits per heavy atom. The van der Waals surface area contributed by atoms with E-state index in [2.05, 4.69) is 46.6 Å². The van der Waals surface area contributed by atoms with Gasteiger partial charge in [0.15, 0.2) is 69.8 Å². The third kappa shape index (κ3) is 5.99. The van der Waals surface area contributed by atoms with Gasteiger partial charge in [0.2, 0.25) is 13.6 Å². The molecule has 2 aliphatic rings. The first-order chi connectivity index (χ1) is 23.9. The SMILES string of the molecule is COc1cc(Cc2c3cc4c(cc3cc[n+]2C)OCO4)c(Oc2cc(Cc3c4cc5c(cc4cc[n+]3C)OCO5)ccc2OC)cc1OC.[I-]. The quantitative estimate of drug-likeness (QED) is 0.164. The smallest absolute Gasteiger partial charge is 0.231 e. The fourth-order valence-corrected chi connectivity index (χ4v) is 6.61. The van der Waals surface area contributed by atoms with Gasteiger partial charge in [-0.3, -0.25) is 0 Å². The first kappa shape index (κ1) is 33.3. The molecule has 256 valence electrons. The summed E-state index contributed by atoms with van der Waals surface area (Å²) in [6.45, 7) is 0.445. The minimum Gasteiger partial charge on any atom is -1.00 e. The molecule has 0 spiro atoms. The normalized spacial score (nSPS) is 12.6. The molecule has 0 unspecified atom stereocenters. The van der Waals surface area contributed by atoms with Crippen molar-refractivity contribution >= 4 is 21.5 Å². The number of rotatable bonds is 9. The van der Waals surface area contributed by atoms with Gasteiger partial charge in [-0.25, -0.2) is 9.13 Å². The predicted molar refractivity (Wildman–Crippen MR) is 181 cm³/mol. The number of ether oxygens (including phenoxy) is 8. The van der Waals surface area contributed by atoms with Gasteiger partial charge in [-0.15, -0.1) is 0 Å². The summed E-state index contributed by atoms with van der Waals surface area (Å²) in [6, 6.07) is 22.2. The highest BCUT2D eigenvalue weighted by Gasteiger charge is 2.24. The number of aromatic nitrogens is 2. The lowest BCUT2D eigenvalue weighted by Crippen LogP contribution is -3.00. The Bertz CT molecular complexity index is 2280. The van der Waals surface area contributed by atoms with Crippen molar-refractivity contribution < 1.29 is 71.0 Å². The van der Waals surface area contributed by atoms with Crippen LogP contribution >= 0.6 is 0 Å². The Labute approximate surface area is 306 Å². The molecule has 0 radical (unpaired) electrons. The van der Waals surface area contributed by atoms with Crippen molar-refractivity contribution in [3.8, 4) is 51.7 Å². The first-order valence-corrected chi connectivity index (χ1v) is 15.9. The van der Waals surface area contributed by atoms with Crippen LogP contribution in [-0.4, -0.2) is 34.9 Å². The molecule has 0 aliphatic carbocycles. The molecule has 0 saturated heterocycles. The highest BCUT2D eigenvalue weighted by Crippen LogP contribution is 2.43. The summed E-state index contributed by atoms with van der Waals surface area (Å²) in [6.07, 6.45) is 5.30. The fourth-order valence-electron chi connectivity index (χ4n) is 6.61. The molecule has 10 nitrogen and oxygen atoms in total. The topological polar surface area (TPSA) is 81.6 Å². The van der Waals surface area contributed by atoms with Crippen LogP contribution in [0.5, 0.6) is 51.7 Å². The van der Waals surface area contributed by atoms with Crippen LogP contribution in [0.4, 0.5) is 0 Å². The van der Waals surface area contributed by atoms with E-state index in [1.165, 1.54) is 0 Å². The number of hydrogen-bond acceptors (Lipinski definition) is 8. The third-order valence-corrected chi connectivity index (χ3v) is 9.26. The second kappa shape index (κ2) is 13.6. The standard InChI is InChI=1S/C39H36N2O8.HI/c1-40-10-8-24-15-35-37(47-21-45-35)18-27(24)29(40)12-23-6-7-31(42-3)39(13-23)49-32-20-34(44-5)33(43-4)17-26(32)14-30-28-19-38-36(46-22-48-38)16-25(28)9-11-41(30)2;/h6-11,13,15-20H,12,14,21-22H2,1-5H3;1H/q+2;/p-1. The summed E-state index contributed by atoms with van der Waals surface area (Å²) in [5.74, 6) is 5.98. The summed E-state index contributed by atoms with van der Waals surface area (Å²) in [5, 5.41) is 4.30. The number of methoxy groups -OCH3 is 3. The average Bonchev–Trinajstić information content (AvgIpc) is 3.78. The molecule has 0 atom stereocenters. The monoisotopic (exact) mass is 787 g/mol. The molecule has 8 rings (SSSR count). The fraction of sp³-hybridized carbons (Fsp3) is 0.231. The number of benzene rings is 4. The molecule has 50 heavy (non-hydrogen) atoms. The molecular formula is C39H36IN2O8+. The summed E-state index contributed by atoms with van der Waals surface area (Å²) < 4.78 is 51.0. The van der Waals surface area contributed by atoms with Crippen molar-refractivity contribution in [3.63, 3.8) is 0 Å². The molecule has 2 aliphatic heterocycles. The predicted octanol–water partition coefficient (Wildman–Crippen LogP) is 3.10. The zero-order chi connectivity index (χ0) is 33.6. The molecule has 11 heteroatoms. The Morgan fingerprint density at radius 2 is 1.06 bits per heavy atom. The number of aryl methyl sites for hydroxylation is 2. The highest BCUT2D eigenvalue weighted by atomic mass is 127. The van der Waals surface area contributed by atoms with Crippen molar-refractivity contribution in [3.05, 3.63) is 102 Å². The minimum atomic E-state index is 0. The van der Waals surface area contributed by atoms with Gasteiger partial charge in [0, 0.05) is 23.8 Å². The van der Waals surface area contributed by atoms with Crippen molar-refractivity contribution in [2.24, 2.45) is 14.1 Å². The van der Waals surface area contributed by atoms with Crippen molar-refractivity contribution in [1.29, 1.82) is 0 Å². The largest absolute Gasteiger partial charge is 1.00 e. The Balaban J connectivity index is 0.00000392. The van der Waals surface area contributed by atoms with Crippen molar-refractivity contribution in [2.75, 3.05) is 34.9 Å². The molecule has 4 heterocycles. The van der Waals surface area contributed by atoms with Crippen LogP contribution < -0.4 is 71.0 Å². The van der Waals surface area contributed by atoms with Gasteiger partial charge in [0.05, 0.1) is 44.9 Å².